The summed E-state index contributed by atoms with van der Waals surface area (Å²) in [4.78, 5) is 25.3. The zero-order chi connectivity index (χ0) is 15.5. The van der Waals surface area contributed by atoms with Gasteiger partial charge in [0.05, 0.1) is 5.52 Å². The molecule has 2 aromatic carbocycles. The van der Waals surface area contributed by atoms with Gasteiger partial charge in [-0.25, -0.2) is 9.59 Å². The number of carbonyl (C=O) groups excluding carboxylic acids is 1. The maximum atomic E-state index is 11.7. The Bertz CT molecular complexity index is 902. The molecule has 0 atom stereocenters. The van der Waals surface area contributed by atoms with E-state index in [-0.39, 0.29) is 11.5 Å². The van der Waals surface area contributed by atoms with Gasteiger partial charge in [0.15, 0.2) is 5.58 Å². The number of fused-ring (bicyclic) bond motifs is 1. The minimum Gasteiger partial charge on any atom is -0.508 e. The van der Waals surface area contributed by atoms with E-state index in [0.29, 0.717) is 11.1 Å². The molecule has 2 N–H and O–H groups in total. The molecule has 0 saturated heterocycles. The fourth-order valence-corrected chi connectivity index (χ4v) is 1.89. The molecule has 22 heavy (non-hydrogen) atoms. The van der Waals surface area contributed by atoms with Gasteiger partial charge >= 0.3 is 11.7 Å². The first-order valence-electron chi connectivity index (χ1n) is 6.42. The van der Waals surface area contributed by atoms with Gasteiger partial charge in [0.1, 0.15) is 11.5 Å². The molecule has 0 aliphatic carbocycles. The van der Waals surface area contributed by atoms with Crippen LogP contribution in [0.25, 0.3) is 17.2 Å². The van der Waals surface area contributed by atoms with E-state index in [0.717, 1.165) is 5.56 Å². The Morgan fingerprint density at radius 1 is 1.18 bits per heavy atom. The second kappa shape index (κ2) is 5.61. The summed E-state index contributed by atoms with van der Waals surface area (Å²) < 4.78 is 10.0. The van der Waals surface area contributed by atoms with E-state index in [4.69, 9.17) is 14.3 Å². The summed E-state index contributed by atoms with van der Waals surface area (Å²) in [7, 11) is 0. The standard InChI is InChI=1S/C16H11NO5/c18-11-4-1-10(2-5-11)3-8-15(19)21-12-6-7-13-14(9-12)22-16(20)17-13/h1-9,18H,(H,17,20). The number of carbonyl (C=O) groups is 1. The zero-order valence-corrected chi connectivity index (χ0v) is 11.3. The van der Waals surface area contributed by atoms with Crippen molar-refractivity contribution in [1.82, 2.24) is 4.98 Å². The molecule has 0 saturated carbocycles. The van der Waals surface area contributed by atoms with E-state index >= 15 is 0 Å². The van der Waals surface area contributed by atoms with Gasteiger partial charge in [0, 0.05) is 12.1 Å². The second-order valence-corrected chi connectivity index (χ2v) is 4.52. The maximum Gasteiger partial charge on any atom is 0.417 e. The highest BCUT2D eigenvalue weighted by molar-refractivity contribution is 5.89. The van der Waals surface area contributed by atoms with Gasteiger partial charge in [-0.1, -0.05) is 12.1 Å². The van der Waals surface area contributed by atoms with Gasteiger partial charge in [-0.15, -0.1) is 0 Å². The smallest absolute Gasteiger partial charge is 0.417 e. The monoisotopic (exact) mass is 297 g/mol. The van der Waals surface area contributed by atoms with E-state index < -0.39 is 11.7 Å². The number of aromatic nitrogens is 1. The first-order chi connectivity index (χ1) is 10.6. The number of aromatic amines is 1. The fraction of sp³-hybridized carbons (Fsp3) is 0. The third-order valence-electron chi connectivity index (χ3n) is 2.92. The highest BCUT2D eigenvalue weighted by Gasteiger charge is 2.05. The number of phenolic OH excluding ortho intramolecular Hbond substituents is 1. The first-order valence-corrected chi connectivity index (χ1v) is 6.42. The normalized spacial score (nSPS) is 11.1. The van der Waals surface area contributed by atoms with Gasteiger partial charge in [-0.05, 0) is 35.9 Å². The lowest BCUT2D eigenvalue weighted by Gasteiger charge is -2.00. The van der Waals surface area contributed by atoms with Crippen molar-refractivity contribution in [2.45, 2.75) is 0 Å². The Balaban J connectivity index is 1.72. The van der Waals surface area contributed by atoms with Crippen molar-refractivity contribution in [2.24, 2.45) is 0 Å². The number of benzene rings is 2. The SMILES string of the molecule is O=C(C=Cc1ccc(O)cc1)Oc1ccc2[nH]c(=O)oc2c1. The summed E-state index contributed by atoms with van der Waals surface area (Å²) in [5.74, 6) is -0.701. The lowest BCUT2D eigenvalue weighted by molar-refractivity contribution is -0.128. The van der Waals surface area contributed by atoms with E-state index in [1.807, 2.05) is 0 Å². The lowest BCUT2D eigenvalue weighted by Crippen LogP contribution is -2.03. The third kappa shape index (κ3) is 3.06. The van der Waals surface area contributed by atoms with Crippen LogP contribution >= 0.6 is 0 Å². The summed E-state index contributed by atoms with van der Waals surface area (Å²) in [6.07, 6.45) is 2.83. The molecule has 6 heteroatoms. The van der Waals surface area contributed by atoms with Crippen LogP contribution < -0.4 is 10.5 Å². The molecule has 0 aliphatic rings. The highest BCUT2D eigenvalue weighted by Crippen LogP contribution is 2.18. The zero-order valence-electron chi connectivity index (χ0n) is 11.3. The summed E-state index contributed by atoms with van der Waals surface area (Å²) in [6.45, 7) is 0. The summed E-state index contributed by atoms with van der Waals surface area (Å²) in [5.41, 5.74) is 1.60. The predicted octanol–water partition coefficient (Wildman–Crippen LogP) is 2.45. The van der Waals surface area contributed by atoms with Gasteiger partial charge in [-0.2, -0.15) is 0 Å². The van der Waals surface area contributed by atoms with Crippen LogP contribution in [0.15, 0.2) is 57.8 Å². The molecule has 0 unspecified atom stereocenters. The maximum absolute atomic E-state index is 11.7. The summed E-state index contributed by atoms with van der Waals surface area (Å²) in [5, 5.41) is 9.17. The Morgan fingerprint density at radius 2 is 1.95 bits per heavy atom. The average molecular weight is 297 g/mol. The summed E-state index contributed by atoms with van der Waals surface area (Å²) >= 11 is 0. The quantitative estimate of drug-likeness (QED) is 0.440. The molecule has 0 amide bonds. The molecule has 6 nitrogen and oxygen atoms in total. The van der Waals surface area contributed by atoms with Crippen molar-refractivity contribution in [3.8, 4) is 11.5 Å². The lowest BCUT2D eigenvalue weighted by atomic mass is 10.2. The Labute approximate surface area is 124 Å². The minimum atomic E-state index is -0.565. The number of nitrogens with one attached hydrogen (secondary N) is 1. The van der Waals surface area contributed by atoms with Crippen LogP contribution in [0, 0.1) is 0 Å². The van der Waals surface area contributed by atoms with Crippen LogP contribution in [0.5, 0.6) is 11.5 Å². The predicted molar refractivity (Wildman–Crippen MR) is 79.6 cm³/mol. The van der Waals surface area contributed by atoms with Crippen molar-refractivity contribution in [3.05, 3.63) is 64.7 Å². The molecule has 110 valence electrons. The van der Waals surface area contributed by atoms with Crippen molar-refractivity contribution in [2.75, 3.05) is 0 Å². The van der Waals surface area contributed by atoms with Crippen molar-refractivity contribution < 1.29 is 19.1 Å². The number of ether oxygens (including phenoxy) is 1. The molecule has 1 heterocycles. The molecule has 3 aromatic rings. The molecular weight excluding hydrogens is 286 g/mol. The number of rotatable bonds is 3. The van der Waals surface area contributed by atoms with Gasteiger partial charge < -0.3 is 14.3 Å². The topological polar surface area (TPSA) is 92.5 Å². The number of hydrogen-bond acceptors (Lipinski definition) is 5. The molecule has 0 bridgehead atoms. The largest absolute Gasteiger partial charge is 0.508 e. The average Bonchev–Trinajstić information content (AvgIpc) is 2.86. The van der Waals surface area contributed by atoms with Crippen molar-refractivity contribution >= 4 is 23.1 Å². The van der Waals surface area contributed by atoms with Crippen LogP contribution in [-0.4, -0.2) is 16.1 Å². The van der Waals surface area contributed by atoms with E-state index in [1.165, 1.54) is 24.3 Å². The number of aromatic hydroxyl groups is 1. The van der Waals surface area contributed by atoms with E-state index in [9.17, 15) is 9.59 Å². The van der Waals surface area contributed by atoms with E-state index in [2.05, 4.69) is 4.98 Å². The number of phenols is 1. The fourth-order valence-electron chi connectivity index (χ4n) is 1.89. The number of esters is 1. The second-order valence-electron chi connectivity index (χ2n) is 4.52. The Kier molecular flexibility index (Phi) is 3.49. The Hall–Kier alpha value is -3.28. The number of H-pyrrole nitrogens is 1. The first kappa shape index (κ1) is 13.7. The van der Waals surface area contributed by atoms with Crippen LogP contribution in [0.1, 0.15) is 5.56 Å². The molecule has 0 spiro atoms. The van der Waals surface area contributed by atoms with Gasteiger partial charge in [0.25, 0.3) is 0 Å². The van der Waals surface area contributed by atoms with Crippen molar-refractivity contribution in [1.29, 1.82) is 0 Å². The molecule has 0 fully saturated rings. The molecule has 0 radical (unpaired) electrons. The van der Waals surface area contributed by atoms with Crippen molar-refractivity contribution in [3.63, 3.8) is 0 Å². The Morgan fingerprint density at radius 3 is 2.73 bits per heavy atom. The highest BCUT2D eigenvalue weighted by atomic mass is 16.5. The molecule has 1 aromatic heterocycles. The minimum absolute atomic E-state index is 0.154. The van der Waals surface area contributed by atoms with Crippen LogP contribution in [-0.2, 0) is 4.79 Å². The van der Waals surface area contributed by atoms with Crippen LogP contribution in [0.4, 0.5) is 0 Å². The number of oxazole rings is 1. The summed E-state index contributed by atoms with van der Waals surface area (Å²) in [6, 6.07) is 11.0. The van der Waals surface area contributed by atoms with E-state index in [1.54, 1.807) is 30.3 Å². The number of hydrogen-bond donors (Lipinski definition) is 2. The van der Waals surface area contributed by atoms with Gasteiger partial charge in [0.2, 0.25) is 0 Å². The molecule has 3 rings (SSSR count). The van der Waals surface area contributed by atoms with Crippen LogP contribution in [0.2, 0.25) is 0 Å². The third-order valence-corrected chi connectivity index (χ3v) is 2.92. The molecular formula is C16H11NO5. The van der Waals surface area contributed by atoms with Gasteiger partial charge in [-0.3, -0.25) is 4.98 Å². The molecule has 0 aliphatic heterocycles. The van der Waals surface area contributed by atoms with Crippen LogP contribution in [0.3, 0.4) is 0 Å².